The Morgan fingerprint density at radius 2 is 1.52 bits per heavy atom. The summed E-state index contributed by atoms with van der Waals surface area (Å²) >= 11 is 0. The fourth-order valence-electron chi connectivity index (χ4n) is 6.87. The molecule has 3 rings (SSSR count). The zero-order chi connectivity index (χ0) is 20.6. The van der Waals surface area contributed by atoms with E-state index in [0.29, 0.717) is 0 Å². The van der Waals surface area contributed by atoms with Crippen molar-refractivity contribution in [1.29, 1.82) is 0 Å². The first-order chi connectivity index (χ1) is 14.1. The average molecular weight is 405 g/mol. The summed E-state index contributed by atoms with van der Waals surface area (Å²) in [7, 11) is 0. The van der Waals surface area contributed by atoms with Gasteiger partial charge in [-0.25, -0.2) is 0 Å². The molecule has 3 atom stereocenters. The van der Waals surface area contributed by atoms with Crippen molar-refractivity contribution in [2.24, 2.45) is 35.5 Å². The lowest BCUT2D eigenvalue weighted by Crippen LogP contribution is -2.34. The molecule has 3 aliphatic carbocycles. The predicted octanol–water partition coefficient (Wildman–Crippen LogP) is 7.94. The Morgan fingerprint density at radius 3 is 2.14 bits per heavy atom. The predicted molar refractivity (Wildman–Crippen MR) is 122 cm³/mol. The fourth-order valence-corrected chi connectivity index (χ4v) is 6.87. The van der Waals surface area contributed by atoms with Gasteiger partial charge in [-0.15, -0.1) is 0 Å². The quantitative estimate of drug-likeness (QED) is 0.303. The van der Waals surface area contributed by atoms with Gasteiger partial charge in [-0.3, -0.25) is 4.79 Å². The van der Waals surface area contributed by atoms with Crippen LogP contribution in [0.2, 0.25) is 0 Å². The van der Waals surface area contributed by atoms with E-state index in [2.05, 4.69) is 20.8 Å². The molecule has 2 heteroatoms. The largest absolute Gasteiger partial charge is 0.462 e. The molecule has 3 aliphatic rings. The molecule has 0 aromatic rings. The fraction of sp³-hybridized carbons (Fsp3) is 0.963. The molecule has 29 heavy (non-hydrogen) atoms. The van der Waals surface area contributed by atoms with E-state index in [9.17, 15) is 4.79 Å². The van der Waals surface area contributed by atoms with Gasteiger partial charge < -0.3 is 4.74 Å². The van der Waals surface area contributed by atoms with Crippen LogP contribution in [0.25, 0.3) is 0 Å². The van der Waals surface area contributed by atoms with Gasteiger partial charge in [-0.05, 0) is 93.8 Å². The third kappa shape index (κ3) is 6.73. The third-order valence-electron chi connectivity index (χ3n) is 8.92. The first kappa shape index (κ1) is 23.1. The minimum Gasteiger partial charge on any atom is -0.462 e. The molecule has 168 valence electrons. The van der Waals surface area contributed by atoms with E-state index in [1.807, 2.05) is 0 Å². The molecule has 0 radical (unpaired) electrons. The maximum atomic E-state index is 12.8. The zero-order valence-corrected chi connectivity index (χ0v) is 19.7. The molecule has 3 fully saturated rings. The Morgan fingerprint density at radius 1 is 0.828 bits per heavy atom. The lowest BCUT2D eigenvalue weighted by Gasteiger charge is -2.41. The lowest BCUT2D eigenvalue weighted by atomic mass is 9.64. The lowest BCUT2D eigenvalue weighted by molar-refractivity contribution is -0.157. The van der Waals surface area contributed by atoms with Crippen LogP contribution in [-0.4, -0.2) is 12.1 Å². The summed E-state index contributed by atoms with van der Waals surface area (Å²) in [5, 5.41) is 0. The monoisotopic (exact) mass is 404 g/mol. The highest BCUT2D eigenvalue weighted by molar-refractivity contribution is 5.72. The summed E-state index contributed by atoms with van der Waals surface area (Å²) < 4.78 is 6.00. The number of rotatable bonds is 8. The number of carbonyl (C=O) groups is 1. The van der Waals surface area contributed by atoms with E-state index in [0.717, 1.165) is 55.3 Å². The normalized spacial score (nSPS) is 38.5. The second kappa shape index (κ2) is 11.8. The van der Waals surface area contributed by atoms with Crippen molar-refractivity contribution in [2.45, 2.75) is 130 Å². The Bertz CT molecular complexity index is 471. The summed E-state index contributed by atoms with van der Waals surface area (Å²) in [6, 6.07) is 0. The minimum absolute atomic E-state index is 0.139. The first-order valence-electron chi connectivity index (χ1n) is 13.3. The van der Waals surface area contributed by atoms with Crippen LogP contribution in [0.5, 0.6) is 0 Å². The van der Waals surface area contributed by atoms with Gasteiger partial charge in [0.15, 0.2) is 0 Å². The van der Waals surface area contributed by atoms with Gasteiger partial charge >= 0.3 is 5.97 Å². The topological polar surface area (TPSA) is 26.3 Å². The van der Waals surface area contributed by atoms with Gasteiger partial charge in [0.25, 0.3) is 0 Å². The molecule has 0 aromatic heterocycles. The molecule has 3 unspecified atom stereocenters. The van der Waals surface area contributed by atoms with Crippen LogP contribution in [0.1, 0.15) is 124 Å². The van der Waals surface area contributed by atoms with Crippen molar-refractivity contribution in [3.63, 3.8) is 0 Å². The van der Waals surface area contributed by atoms with Crippen molar-refractivity contribution in [3.05, 3.63) is 0 Å². The van der Waals surface area contributed by atoms with Crippen LogP contribution in [-0.2, 0) is 9.53 Å². The van der Waals surface area contributed by atoms with Crippen LogP contribution in [0.3, 0.4) is 0 Å². The van der Waals surface area contributed by atoms with Crippen molar-refractivity contribution >= 4 is 5.97 Å². The number of ether oxygens (including phenoxy) is 1. The standard InChI is InChI=1S/C27H48O2/c1-4-6-7-8-22-9-16-25(17-10-22)29-27(28)24-14-12-23(13-15-24)26-18-11-21(5-2)19-20(26)3/h20-26H,4-19H2,1-3H3/t20?,21?,22-,23-,24-,25-,26?. The highest BCUT2D eigenvalue weighted by Crippen LogP contribution is 2.45. The molecule has 2 nitrogen and oxygen atoms in total. The molecule has 0 amide bonds. The number of unbranched alkanes of at least 4 members (excludes halogenated alkanes) is 2. The molecule has 0 saturated heterocycles. The van der Waals surface area contributed by atoms with Crippen LogP contribution in [0.15, 0.2) is 0 Å². The number of hydrogen-bond acceptors (Lipinski definition) is 2. The molecule has 0 bridgehead atoms. The highest BCUT2D eigenvalue weighted by atomic mass is 16.5. The zero-order valence-electron chi connectivity index (χ0n) is 19.7. The summed E-state index contributed by atoms with van der Waals surface area (Å²) in [5.74, 6) is 4.85. The van der Waals surface area contributed by atoms with Gasteiger partial charge in [0.05, 0.1) is 5.92 Å². The number of carbonyl (C=O) groups excluding carboxylic acids is 1. The van der Waals surface area contributed by atoms with Crippen LogP contribution < -0.4 is 0 Å². The number of hydrogen-bond donors (Lipinski definition) is 0. The first-order valence-corrected chi connectivity index (χ1v) is 13.3. The van der Waals surface area contributed by atoms with Crippen LogP contribution in [0.4, 0.5) is 0 Å². The summed E-state index contributed by atoms with van der Waals surface area (Å²) in [6.45, 7) is 7.13. The molecule has 0 heterocycles. The van der Waals surface area contributed by atoms with Gasteiger partial charge in [0.1, 0.15) is 6.10 Å². The van der Waals surface area contributed by atoms with Crippen molar-refractivity contribution in [1.82, 2.24) is 0 Å². The van der Waals surface area contributed by atoms with Gasteiger partial charge in [-0.1, -0.05) is 59.3 Å². The second-order valence-corrected chi connectivity index (χ2v) is 10.9. The van der Waals surface area contributed by atoms with Crippen LogP contribution in [0, 0.1) is 35.5 Å². The average Bonchev–Trinajstić information content (AvgIpc) is 2.75. The molecule has 0 spiro atoms. The van der Waals surface area contributed by atoms with E-state index in [-0.39, 0.29) is 18.0 Å². The van der Waals surface area contributed by atoms with Crippen molar-refractivity contribution in [3.8, 4) is 0 Å². The Hall–Kier alpha value is -0.530. The Labute approximate surface area is 180 Å². The molecular formula is C27H48O2. The smallest absolute Gasteiger partial charge is 0.309 e. The second-order valence-electron chi connectivity index (χ2n) is 10.9. The van der Waals surface area contributed by atoms with E-state index in [1.54, 1.807) is 0 Å². The third-order valence-corrected chi connectivity index (χ3v) is 8.92. The van der Waals surface area contributed by atoms with Crippen molar-refractivity contribution in [2.75, 3.05) is 0 Å². The number of esters is 1. The summed E-state index contributed by atoms with van der Waals surface area (Å²) in [4.78, 5) is 12.8. The Balaban J connectivity index is 1.34. The van der Waals surface area contributed by atoms with E-state index < -0.39 is 0 Å². The molecule has 0 aliphatic heterocycles. The summed E-state index contributed by atoms with van der Waals surface area (Å²) in [6.07, 6.45) is 20.8. The van der Waals surface area contributed by atoms with Gasteiger partial charge in [0, 0.05) is 0 Å². The van der Waals surface area contributed by atoms with E-state index >= 15 is 0 Å². The maximum Gasteiger partial charge on any atom is 0.309 e. The Kier molecular flexibility index (Phi) is 9.38. The molecule has 0 N–H and O–H groups in total. The van der Waals surface area contributed by atoms with Crippen molar-refractivity contribution < 1.29 is 9.53 Å². The van der Waals surface area contributed by atoms with Gasteiger partial charge in [0.2, 0.25) is 0 Å². The van der Waals surface area contributed by atoms with E-state index in [1.165, 1.54) is 77.0 Å². The van der Waals surface area contributed by atoms with Crippen LogP contribution >= 0.6 is 0 Å². The molecule has 3 saturated carbocycles. The SMILES string of the molecule is CCCCC[C@H]1CC[C@H](OC(=O)[C@H]2CC[C@H](C3CCC(CC)CC3C)CC2)CC1. The molecule has 0 aromatic carbocycles. The maximum absolute atomic E-state index is 12.8. The molecular weight excluding hydrogens is 356 g/mol. The summed E-state index contributed by atoms with van der Waals surface area (Å²) in [5.41, 5.74) is 0. The van der Waals surface area contributed by atoms with E-state index in [4.69, 9.17) is 4.74 Å². The van der Waals surface area contributed by atoms with Gasteiger partial charge in [-0.2, -0.15) is 0 Å². The highest BCUT2D eigenvalue weighted by Gasteiger charge is 2.37. The minimum atomic E-state index is 0.139.